The van der Waals surface area contributed by atoms with Crippen LogP contribution in [0.15, 0.2) is 30.5 Å². The van der Waals surface area contributed by atoms with Gasteiger partial charge in [0.25, 0.3) is 0 Å². The number of aromatic nitrogens is 1. The summed E-state index contributed by atoms with van der Waals surface area (Å²) >= 11 is 11.6. The molecule has 0 saturated heterocycles. The molecule has 1 N–H and O–H groups in total. The van der Waals surface area contributed by atoms with Gasteiger partial charge in [0.05, 0.1) is 16.2 Å². The molecule has 1 heterocycles. The molecule has 94 valence electrons. The minimum atomic E-state index is -0.0649. The second-order valence-electron chi connectivity index (χ2n) is 3.84. The first-order chi connectivity index (χ1) is 8.72. The number of hydrogen-bond donors (Lipinski definition) is 1. The van der Waals surface area contributed by atoms with Crippen molar-refractivity contribution in [3.63, 3.8) is 0 Å². The maximum absolute atomic E-state index is 11.7. The van der Waals surface area contributed by atoms with Crippen LogP contribution in [0.5, 0.6) is 0 Å². The third kappa shape index (κ3) is 2.92. The van der Waals surface area contributed by atoms with Crippen LogP contribution in [0.3, 0.4) is 0 Å². The largest absolute Gasteiger partial charge is 0.324 e. The highest BCUT2D eigenvalue weighted by atomic mass is 35.5. The van der Waals surface area contributed by atoms with Crippen molar-refractivity contribution < 1.29 is 4.79 Å². The SMILES string of the molecule is O=C(CCCCl)Nc1ccc(Cl)c2cccnc12. The molecule has 0 atom stereocenters. The fourth-order valence-electron chi connectivity index (χ4n) is 1.68. The Kier molecular flexibility index (Phi) is 4.39. The normalized spacial score (nSPS) is 10.6. The van der Waals surface area contributed by atoms with E-state index in [0.29, 0.717) is 34.9 Å². The molecule has 2 aromatic rings. The Morgan fingerprint density at radius 1 is 1.33 bits per heavy atom. The van der Waals surface area contributed by atoms with Crippen molar-refractivity contribution in [3.05, 3.63) is 35.5 Å². The number of anilines is 1. The van der Waals surface area contributed by atoms with E-state index in [9.17, 15) is 4.79 Å². The number of pyridine rings is 1. The van der Waals surface area contributed by atoms with Crippen molar-refractivity contribution in [3.8, 4) is 0 Å². The summed E-state index contributed by atoms with van der Waals surface area (Å²) in [6.07, 6.45) is 2.74. The highest BCUT2D eigenvalue weighted by Crippen LogP contribution is 2.27. The van der Waals surface area contributed by atoms with Crippen molar-refractivity contribution in [2.45, 2.75) is 12.8 Å². The highest BCUT2D eigenvalue weighted by Gasteiger charge is 2.08. The molecular weight excluding hydrogens is 271 g/mol. The lowest BCUT2D eigenvalue weighted by atomic mass is 10.2. The van der Waals surface area contributed by atoms with Gasteiger partial charge in [-0.05, 0) is 30.7 Å². The molecule has 1 aromatic heterocycles. The lowest BCUT2D eigenvalue weighted by Crippen LogP contribution is -2.11. The van der Waals surface area contributed by atoms with Crippen molar-refractivity contribution in [2.24, 2.45) is 0 Å². The van der Waals surface area contributed by atoms with E-state index in [-0.39, 0.29) is 5.91 Å². The van der Waals surface area contributed by atoms with Crippen LogP contribution in [-0.2, 0) is 4.79 Å². The molecule has 5 heteroatoms. The summed E-state index contributed by atoms with van der Waals surface area (Å²) in [6.45, 7) is 0. The molecule has 0 aliphatic rings. The summed E-state index contributed by atoms with van der Waals surface area (Å²) in [5.41, 5.74) is 1.37. The monoisotopic (exact) mass is 282 g/mol. The van der Waals surface area contributed by atoms with Crippen molar-refractivity contribution in [1.82, 2.24) is 4.98 Å². The van der Waals surface area contributed by atoms with Crippen molar-refractivity contribution in [2.75, 3.05) is 11.2 Å². The second-order valence-corrected chi connectivity index (χ2v) is 4.62. The summed E-state index contributed by atoms with van der Waals surface area (Å²) in [5.74, 6) is 0.414. The number of nitrogens with one attached hydrogen (secondary N) is 1. The Morgan fingerprint density at radius 2 is 2.17 bits per heavy atom. The van der Waals surface area contributed by atoms with Crippen LogP contribution in [0.2, 0.25) is 5.02 Å². The van der Waals surface area contributed by atoms with Crippen molar-refractivity contribution in [1.29, 1.82) is 0 Å². The third-order valence-corrected chi connectivity index (χ3v) is 3.12. The Bertz CT molecular complexity index is 572. The summed E-state index contributed by atoms with van der Waals surface area (Å²) in [6, 6.07) is 7.20. The summed E-state index contributed by atoms with van der Waals surface area (Å²) in [7, 11) is 0. The number of nitrogens with zero attached hydrogens (tertiary/aromatic N) is 1. The van der Waals surface area contributed by atoms with Gasteiger partial charge in [-0.3, -0.25) is 9.78 Å². The first-order valence-corrected chi connectivity index (χ1v) is 6.52. The lowest BCUT2D eigenvalue weighted by Gasteiger charge is -2.08. The minimum absolute atomic E-state index is 0.0649. The van der Waals surface area contributed by atoms with Gasteiger partial charge in [-0.2, -0.15) is 0 Å². The van der Waals surface area contributed by atoms with E-state index < -0.39 is 0 Å². The zero-order valence-corrected chi connectivity index (χ0v) is 11.1. The van der Waals surface area contributed by atoms with Gasteiger partial charge in [0.15, 0.2) is 0 Å². The van der Waals surface area contributed by atoms with Gasteiger partial charge in [-0.25, -0.2) is 0 Å². The maximum Gasteiger partial charge on any atom is 0.224 e. The maximum atomic E-state index is 11.7. The standard InChI is InChI=1S/C13H12Cl2N2O/c14-7-1-4-12(18)17-11-6-5-10(15)9-3-2-8-16-13(9)11/h2-3,5-6,8H,1,4,7H2,(H,17,18). The van der Waals surface area contributed by atoms with Crippen LogP contribution in [-0.4, -0.2) is 16.8 Å². The van der Waals surface area contributed by atoms with E-state index in [2.05, 4.69) is 10.3 Å². The molecule has 0 spiro atoms. The molecule has 2 rings (SSSR count). The van der Waals surface area contributed by atoms with E-state index in [4.69, 9.17) is 23.2 Å². The van der Waals surface area contributed by atoms with Gasteiger partial charge in [0, 0.05) is 23.9 Å². The van der Waals surface area contributed by atoms with E-state index >= 15 is 0 Å². The number of benzene rings is 1. The first-order valence-electron chi connectivity index (χ1n) is 5.61. The molecule has 0 fully saturated rings. The van der Waals surface area contributed by atoms with Crippen molar-refractivity contribution >= 4 is 45.7 Å². The molecule has 0 unspecified atom stereocenters. The van der Waals surface area contributed by atoms with Gasteiger partial charge >= 0.3 is 0 Å². The summed E-state index contributed by atoms with van der Waals surface area (Å²) in [5, 5.41) is 4.28. The number of alkyl halides is 1. The number of amides is 1. The molecule has 0 radical (unpaired) electrons. The molecular formula is C13H12Cl2N2O. The molecule has 3 nitrogen and oxygen atoms in total. The fourth-order valence-corrected chi connectivity index (χ4v) is 2.03. The fraction of sp³-hybridized carbons (Fsp3) is 0.231. The predicted molar refractivity (Wildman–Crippen MR) is 75.3 cm³/mol. The highest BCUT2D eigenvalue weighted by molar-refractivity contribution is 6.35. The topological polar surface area (TPSA) is 42.0 Å². The second kappa shape index (κ2) is 6.03. The van der Waals surface area contributed by atoms with E-state index in [1.807, 2.05) is 12.1 Å². The number of rotatable bonds is 4. The van der Waals surface area contributed by atoms with Crippen LogP contribution in [0.25, 0.3) is 10.9 Å². The molecule has 0 aliphatic carbocycles. The summed E-state index contributed by atoms with van der Waals surface area (Å²) in [4.78, 5) is 15.9. The van der Waals surface area contributed by atoms with E-state index in [0.717, 1.165) is 5.39 Å². The zero-order chi connectivity index (χ0) is 13.0. The van der Waals surface area contributed by atoms with Crippen LogP contribution in [0, 0.1) is 0 Å². The lowest BCUT2D eigenvalue weighted by molar-refractivity contribution is -0.116. The average Bonchev–Trinajstić information content (AvgIpc) is 2.40. The molecule has 1 aromatic carbocycles. The zero-order valence-electron chi connectivity index (χ0n) is 9.62. The predicted octanol–water partition coefficient (Wildman–Crippen LogP) is 3.85. The van der Waals surface area contributed by atoms with Gasteiger partial charge in [-0.15, -0.1) is 11.6 Å². The van der Waals surface area contributed by atoms with Crippen LogP contribution < -0.4 is 5.32 Å². The van der Waals surface area contributed by atoms with Gasteiger partial charge in [0.1, 0.15) is 0 Å². The number of halogens is 2. The minimum Gasteiger partial charge on any atom is -0.324 e. The van der Waals surface area contributed by atoms with Gasteiger partial charge in [-0.1, -0.05) is 11.6 Å². The number of carbonyl (C=O) groups excluding carboxylic acids is 1. The molecule has 0 saturated carbocycles. The number of hydrogen-bond acceptors (Lipinski definition) is 2. The Morgan fingerprint density at radius 3 is 2.94 bits per heavy atom. The third-order valence-electron chi connectivity index (χ3n) is 2.53. The Hall–Kier alpha value is -1.32. The van der Waals surface area contributed by atoms with Crippen LogP contribution >= 0.6 is 23.2 Å². The van der Waals surface area contributed by atoms with Crippen LogP contribution in [0.4, 0.5) is 5.69 Å². The molecule has 0 aliphatic heterocycles. The van der Waals surface area contributed by atoms with Crippen LogP contribution in [0.1, 0.15) is 12.8 Å². The Balaban J connectivity index is 2.29. The molecule has 1 amide bonds. The first kappa shape index (κ1) is 13.1. The van der Waals surface area contributed by atoms with Gasteiger partial charge in [0.2, 0.25) is 5.91 Å². The van der Waals surface area contributed by atoms with E-state index in [1.165, 1.54) is 0 Å². The quantitative estimate of drug-likeness (QED) is 0.866. The number of fused-ring (bicyclic) bond motifs is 1. The molecule has 0 bridgehead atoms. The van der Waals surface area contributed by atoms with E-state index in [1.54, 1.807) is 18.3 Å². The van der Waals surface area contributed by atoms with Gasteiger partial charge < -0.3 is 5.32 Å². The summed E-state index contributed by atoms with van der Waals surface area (Å²) < 4.78 is 0. The number of carbonyl (C=O) groups is 1. The Labute approximate surface area is 115 Å². The molecule has 18 heavy (non-hydrogen) atoms. The smallest absolute Gasteiger partial charge is 0.224 e. The average molecular weight is 283 g/mol.